The molecule has 3 heterocycles. The summed E-state index contributed by atoms with van der Waals surface area (Å²) in [6, 6.07) is 9.78. The van der Waals surface area contributed by atoms with Crippen LogP contribution in [-0.2, 0) is 6.54 Å². The second-order valence-electron chi connectivity index (χ2n) is 6.86. The molecule has 7 nitrogen and oxygen atoms in total. The Morgan fingerprint density at radius 2 is 1.78 bits per heavy atom. The summed E-state index contributed by atoms with van der Waals surface area (Å²) in [5.74, 6) is -2.35. The molecular formula is C23H16F2N4O3. The van der Waals surface area contributed by atoms with Crippen LogP contribution in [0.5, 0.6) is 5.75 Å². The van der Waals surface area contributed by atoms with E-state index in [2.05, 4.69) is 21.9 Å². The van der Waals surface area contributed by atoms with Crippen LogP contribution in [0.1, 0.15) is 16.1 Å². The van der Waals surface area contributed by atoms with E-state index in [-0.39, 0.29) is 17.6 Å². The van der Waals surface area contributed by atoms with Crippen LogP contribution in [-0.4, -0.2) is 25.5 Å². The Balaban J connectivity index is 1.96. The second kappa shape index (κ2) is 8.38. The summed E-state index contributed by atoms with van der Waals surface area (Å²) in [6.45, 7) is 3.28. The monoisotopic (exact) mass is 434 g/mol. The van der Waals surface area contributed by atoms with Crippen LogP contribution in [0.25, 0.3) is 22.2 Å². The SMILES string of the molecule is C=CNC(=O)c1c(O)c2cc(-c3ccc(F)cc3)cnc2n(Cc2ccc(F)cn2)c1=O. The number of hydrogen-bond donors (Lipinski definition) is 2. The molecule has 2 N–H and O–H groups in total. The predicted molar refractivity (Wildman–Crippen MR) is 114 cm³/mol. The number of fused-ring (bicyclic) bond motifs is 1. The fourth-order valence-corrected chi connectivity index (χ4v) is 3.29. The van der Waals surface area contributed by atoms with Crippen molar-refractivity contribution in [1.29, 1.82) is 0 Å². The Hall–Kier alpha value is -4.40. The van der Waals surface area contributed by atoms with Crippen molar-refractivity contribution in [3.63, 3.8) is 0 Å². The van der Waals surface area contributed by atoms with E-state index in [1.165, 1.54) is 35.0 Å². The topological polar surface area (TPSA) is 97.1 Å². The van der Waals surface area contributed by atoms with Crippen LogP contribution in [0.2, 0.25) is 0 Å². The molecule has 1 amide bonds. The van der Waals surface area contributed by atoms with E-state index in [0.29, 0.717) is 16.8 Å². The molecule has 0 fully saturated rings. The van der Waals surface area contributed by atoms with E-state index < -0.39 is 34.4 Å². The summed E-state index contributed by atoms with van der Waals surface area (Å²) in [5, 5.41) is 13.2. The predicted octanol–water partition coefficient (Wildman–Crippen LogP) is 3.36. The second-order valence-corrected chi connectivity index (χ2v) is 6.86. The Morgan fingerprint density at radius 3 is 2.44 bits per heavy atom. The molecule has 1 aromatic carbocycles. The largest absolute Gasteiger partial charge is 0.506 e. The summed E-state index contributed by atoms with van der Waals surface area (Å²) in [5.41, 5.74) is 0.294. The van der Waals surface area contributed by atoms with Gasteiger partial charge in [-0.3, -0.25) is 19.1 Å². The third kappa shape index (κ3) is 3.83. The summed E-state index contributed by atoms with van der Waals surface area (Å²) in [7, 11) is 0. The summed E-state index contributed by atoms with van der Waals surface area (Å²) in [6.07, 6.45) is 3.56. The number of benzene rings is 1. The number of carbonyl (C=O) groups is 1. The van der Waals surface area contributed by atoms with Gasteiger partial charge in [-0.2, -0.15) is 0 Å². The van der Waals surface area contributed by atoms with Crippen molar-refractivity contribution in [2.45, 2.75) is 6.54 Å². The number of aromatic nitrogens is 3. The molecular weight excluding hydrogens is 418 g/mol. The molecule has 0 aliphatic carbocycles. The van der Waals surface area contributed by atoms with E-state index >= 15 is 0 Å². The molecule has 4 rings (SSSR count). The minimum absolute atomic E-state index is 0.0969. The summed E-state index contributed by atoms with van der Waals surface area (Å²) < 4.78 is 27.7. The lowest BCUT2D eigenvalue weighted by Gasteiger charge is -2.14. The van der Waals surface area contributed by atoms with Gasteiger partial charge in [0.2, 0.25) is 0 Å². The van der Waals surface area contributed by atoms with Crippen LogP contribution in [0.15, 0.2) is 72.4 Å². The third-order valence-corrected chi connectivity index (χ3v) is 4.82. The molecule has 3 aromatic heterocycles. The van der Waals surface area contributed by atoms with Crippen molar-refractivity contribution in [3.8, 4) is 16.9 Å². The van der Waals surface area contributed by atoms with Gasteiger partial charge in [-0.15, -0.1) is 0 Å². The first kappa shape index (κ1) is 20.9. The van der Waals surface area contributed by atoms with Gasteiger partial charge < -0.3 is 10.4 Å². The van der Waals surface area contributed by atoms with Crippen molar-refractivity contribution in [2.24, 2.45) is 0 Å². The Kier molecular flexibility index (Phi) is 5.46. The van der Waals surface area contributed by atoms with Gasteiger partial charge in [0.05, 0.1) is 23.8 Å². The Labute approximate surface area is 180 Å². The molecule has 0 saturated heterocycles. The van der Waals surface area contributed by atoms with Gasteiger partial charge in [-0.05, 0) is 42.1 Å². The van der Waals surface area contributed by atoms with Gasteiger partial charge >= 0.3 is 0 Å². The molecule has 9 heteroatoms. The zero-order chi connectivity index (χ0) is 22.8. The number of carbonyl (C=O) groups excluding carboxylic acids is 1. The standard InChI is InChI=1S/C23H16F2N4O3/c1-2-26-22(31)19-20(30)18-9-14(13-3-5-15(24)6-4-13)10-28-21(18)29(23(19)32)12-17-8-7-16(25)11-27-17/h2-11,30H,1,12H2,(H,26,31). The Bertz CT molecular complexity index is 1400. The highest BCUT2D eigenvalue weighted by Gasteiger charge is 2.23. The average molecular weight is 434 g/mol. The lowest BCUT2D eigenvalue weighted by molar-refractivity contribution is 0.0966. The fraction of sp³-hybridized carbons (Fsp3) is 0.0435. The van der Waals surface area contributed by atoms with Crippen molar-refractivity contribution < 1.29 is 18.7 Å². The minimum Gasteiger partial charge on any atom is -0.506 e. The maximum Gasteiger partial charge on any atom is 0.269 e. The minimum atomic E-state index is -0.850. The van der Waals surface area contributed by atoms with Crippen LogP contribution < -0.4 is 10.9 Å². The Morgan fingerprint density at radius 1 is 1.06 bits per heavy atom. The average Bonchev–Trinajstić information content (AvgIpc) is 2.78. The summed E-state index contributed by atoms with van der Waals surface area (Å²) in [4.78, 5) is 33.9. The smallest absolute Gasteiger partial charge is 0.269 e. The van der Waals surface area contributed by atoms with Gasteiger partial charge in [-0.25, -0.2) is 13.8 Å². The van der Waals surface area contributed by atoms with Gasteiger partial charge in [0.1, 0.15) is 28.6 Å². The van der Waals surface area contributed by atoms with Gasteiger partial charge in [0, 0.05) is 11.8 Å². The van der Waals surface area contributed by atoms with E-state index in [9.17, 15) is 23.5 Å². The number of rotatable bonds is 5. The molecule has 4 aromatic rings. The van der Waals surface area contributed by atoms with E-state index in [0.717, 1.165) is 12.4 Å². The van der Waals surface area contributed by atoms with E-state index in [4.69, 9.17) is 0 Å². The highest BCUT2D eigenvalue weighted by atomic mass is 19.1. The molecule has 0 saturated carbocycles. The number of pyridine rings is 3. The molecule has 0 radical (unpaired) electrons. The fourth-order valence-electron chi connectivity index (χ4n) is 3.29. The zero-order valence-corrected chi connectivity index (χ0v) is 16.5. The first-order valence-electron chi connectivity index (χ1n) is 9.42. The number of hydrogen-bond acceptors (Lipinski definition) is 5. The quantitative estimate of drug-likeness (QED) is 0.502. The lowest BCUT2D eigenvalue weighted by Crippen LogP contribution is -2.32. The third-order valence-electron chi connectivity index (χ3n) is 4.82. The maximum absolute atomic E-state index is 13.3. The number of nitrogens with zero attached hydrogens (tertiary/aromatic N) is 3. The van der Waals surface area contributed by atoms with Crippen molar-refractivity contribution in [2.75, 3.05) is 0 Å². The van der Waals surface area contributed by atoms with Crippen LogP contribution in [0.4, 0.5) is 8.78 Å². The molecule has 0 atom stereocenters. The van der Waals surface area contributed by atoms with Crippen LogP contribution in [0, 0.1) is 11.6 Å². The molecule has 160 valence electrons. The lowest BCUT2D eigenvalue weighted by atomic mass is 10.0. The van der Waals surface area contributed by atoms with Gasteiger partial charge in [-0.1, -0.05) is 18.7 Å². The molecule has 0 bridgehead atoms. The maximum atomic E-state index is 13.3. The summed E-state index contributed by atoms with van der Waals surface area (Å²) >= 11 is 0. The van der Waals surface area contributed by atoms with Gasteiger partial charge in [0.25, 0.3) is 11.5 Å². The number of amides is 1. The number of halogens is 2. The van der Waals surface area contributed by atoms with Crippen molar-refractivity contribution >= 4 is 16.9 Å². The van der Waals surface area contributed by atoms with Crippen LogP contribution in [0.3, 0.4) is 0 Å². The van der Waals surface area contributed by atoms with E-state index in [1.807, 2.05) is 0 Å². The van der Waals surface area contributed by atoms with Crippen LogP contribution >= 0.6 is 0 Å². The zero-order valence-electron chi connectivity index (χ0n) is 16.5. The molecule has 0 aliphatic rings. The normalized spacial score (nSPS) is 10.8. The molecule has 0 unspecified atom stereocenters. The molecule has 0 spiro atoms. The first-order valence-corrected chi connectivity index (χ1v) is 9.42. The highest BCUT2D eigenvalue weighted by Crippen LogP contribution is 2.30. The van der Waals surface area contributed by atoms with Gasteiger partial charge in [0.15, 0.2) is 0 Å². The number of aromatic hydroxyl groups is 1. The van der Waals surface area contributed by atoms with Crippen molar-refractivity contribution in [3.05, 3.63) is 101 Å². The molecule has 0 aliphatic heterocycles. The molecule has 32 heavy (non-hydrogen) atoms. The number of nitrogens with one attached hydrogen (secondary N) is 1. The van der Waals surface area contributed by atoms with E-state index in [1.54, 1.807) is 18.2 Å². The highest BCUT2D eigenvalue weighted by molar-refractivity contribution is 6.02. The first-order chi connectivity index (χ1) is 15.4. The van der Waals surface area contributed by atoms with Crippen molar-refractivity contribution in [1.82, 2.24) is 19.9 Å².